The van der Waals surface area contributed by atoms with E-state index in [1.807, 2.05) is 12.1 Å². The summed E-state index contributed by atoms with van der Waals surface area (Å²) < 4.78 is 6.26. The summed E-state index contributed by atoms with van der Waals surface area (Å²) in [6, 6.07) is 90.3. The molecule has 0 amide bonds. The lowest BCUT2D eigenvalue weighted by molar-refractivity contribution is 0.669. The number of fused-ring (bicyclic) bond motifs is 9. The summed E-state index contributed by atoms with van der Waals surface area (Å²) >= 11 is 0. The molecule has 2 heteroatoms. The maximum Gasteiger partial charge on any atom is 0.136 e. The normalized spacial score (nSPS) is 11.6. The summed E-state index contributed by atoms with van der Waals surface area (Å²) in [5.74, 6) is 0. The van der Waals surface area contributed by atoms with E-state index in [1.54, 1.807) is 0 Å². The second kappa shape index (κ2) is 15.5. The molecule has 308 valence electrons. The topological polar surface area (TPSA) is 16.4 Å². The van der Waals surface area contributed by atoms with Gasteiger partial charge >= 0.3 is 0 Å². The summed E-state index contributed by atoms with van der Waals surface area (Å²) in [4.78, 5) is 2.35. The Bertz CT molecular complexity index is 3960. The maximum atomic E-state index is 6.26. The van der Waals surface area contributed by atoms with Gasteiger partial charge in [0.2, 0.25) is 0 Å². The SMILES string of the molecule is c1ccc2c(c1)ccc1ccc(-c3ccc(-c4ccc(N(c5ccc(-c6ccc7ccc8ccccc8c7c6)cc5)c5ccc(-c6cccc7oc8ccccc8c67)cc5)cc4)cc3)cc12. The van der Waals surface area contributed by atoms with E-state index in [2.05, 4.69) is 241 Å². The molecule has 66 heavy (non-hydrogen) atoms. The molecular formula is C64H41NO. The zero-order valence-electron chi connectivity index (χ0n) is 36.0. The second-order valence-corrected chi connectivity index (χ2v) is 17.3. The van der Waals surface area contributed by atoms with Crippen LogP contribution < -0.4 is 4.90 Å². The van der Waals surface area contributed by atoms with Crippen LogP contribution in [0.25, 0.3) is 110 Å². The molecule has 0 atom stereocenters. The molecule has 0 radical (unpaired) electrons. The standard InChI is InChI=1S/C64H41NO/c1-3-10-56-46(8-1)20-22-49-24-26-51(40-60(49)56)44-18-16-42(17-19-44)43-28-34-53(35-29-43)65(55-38-32-48(33-39-55)58-13-7-15-63-64(58)59-12-5-6-14-62(59)66-63)54-36-30-45(31-37-54)52-27-25-50-23-21-47-9-2-4-11-57(47)61(50)41-52/h1-41H. The highest BCUT2D eigenvalue weighted by Crippen LogP contribution is 2.41. The molecule has 12 aromatic carbocycles. The minimum atomic E-state index is 0.899. The van der Waals surface area contributed by atoms with Crippen molar-refractivity contribution in [2.75, 3.05) is 4.90 Å². The predicted octanol–water partition coefficient (Wildman–Crippen LogP) is 18.3. The molecule has 0 aliphatic rings. The summed E-state index contributed by atoms with van der Waals surface area (Å²) in [6.07, 6.45) is 0. The first-order chi connectivity index (χ1) is 32.7. The average Bonchev–Trinajstić information content (AvgIpc) is 3.78. The number of rotatable bonds is 7. The third-order valence-electron chi connectivity index (χ3n) is 13.5. The van der Waals surface area contributed by atoms with Gasteiger partial charge in [-0.1, -0.05) is 188 Å². The number of benzene rings is 12. The van der Waals surface area contributed by atoms with Crippen LogP contribution in [0.1, 0.15) is 0 Å². The fourth-order valence-electron chi connectivity index (χ4n) is 10.1. The Kier molecular flexibility index (Phi) is 8.89. The van der Waals surface area contributed by atoms with E-state index in [9.17, 15) is 0 Å². The largest absolute Gasteiger partial charge is 0.456 e. The molecule has 0 saturated heterocycles. The Morgan fingerprint density at radius 2 is 0.606 bits per heavy atom. The van der Waals surface area contributed by atoms with Crippen molar-refractivity contribution in [1.82, 2.24) is 0 Å². The Morgan fingerprint density at radius 1 is 0.242 bits per heavy atom. The van der Waals surface area contributed by atoms with Crippen LogP contribution in [0.4, 0.5) is 17.1 Å². The summed E-state index contributed by atoms with van der Waals surface area (Å²) in [5, 5.41) is 12.4. The third-order valence-corrected chi connectivity index (χ3v) is 13.5. The molecule has 0 aliphatic carbocycles. The molecule has 0 aliphatic heterocycles. The fraction of sp³-hybridized carbons (Fsp3) is 0. The lowest BCUT2D eigenvalue weighted by Crippen LogP contribution is -2.09. The third kappa shape index (κ3) is 6.50. The molecule has 2 nitrogen and oxygen atoms in total. The van der Waals surface area contributed by atoms with Crippen LogP contribution in [0, 0.1) is 0 Å². The zero-order chi connectivity index (χ0) is 43.6. The van der Waals surface area contributed by atoms with Crippen molar-refractivity contribution in [1.29, 1.82) is 0 Å². The highest BCUT2D eigenvalue weighted by Gasteiger charge is 2.17. The van der Waals surface area contributed by atoms with Crippen LogP contribution in [0.15, 0.2) is 253 Å². The second-order valence-electron chi connectivity index (χ2n) is 17.3. The number of furan rings is 1. The van der Waals surface area contributed by atoms with E-state index in [1.165, 1.54) is 76.5 Å². The first kappa shape index (κ1) is 37.8. The highest BCUT2D eigenvalue weighted by atomic mass is 16.3. The van der Waals surface area contributed by atoms with E-state index in [4.69, 9.17) is 4.42 Å². The van der Waals surface area contributed by atoms with E-state index in [-0.39, 0.29) is 0 Å². The summed E-state index contributed by atoms with van der Waals surface area (Å²) in [6.45, 7) is 0. The lowest BCUT2D eigenvalue weighted by Gasteiger charge is -2.26. The Balaban J connectivity index is 0.853. The van der Waals surface area contributed by atoms with Crippen LogP contribution in [0.2, 0.25) is 0 Å². The lowest BCUT2D eigenvalue weighted by atomic mass is 9.96. The van der Waals surface area contributed by atoms with Gasteiger partial charge in [0.15, 0.2) is 0 Å². The van der Waals surface area contributed by atoms with Crippen molar-refractivity contribution in [3.63, 3.8) is 0 Å². The Hall–Kier alpha value is -8.72. The molecule has 1 heterocycles. The van der Waals surface area contributed by atoms with Crippen molar-refractivity contribution in [2.24, 2.45) is 0 Å². The van der Waals surface area contributed by atoms with Gasteiger partial charge in [-0.2, -0.15) is 0 Å². The number of hydrogen-bond donors (Lipinski definition) is 0. The van der Waals surface area contributed by atoms with Gasteiger partial charge in [0.05, 0.1) is 0 Å². The van der Waals surface area contributed by atoms with Gasteiger partial charge in [-0.05, 0) is 148 Å². The summed E-state index contributed by atoms with van der Waals surface area (Å²) in [7, 11) is 0. The molecule has 0 N–H and O–H groups in total. The fourth-order valence-corrected chi connectivity index (χ4v) is 10.1. The average molecular weight is 840 g/mol. The van der Waals surface area contributed by atoms with Gasteiger partial charge in [0.25, 0.3) is 0 Å². The molecule has 0 unspecified atom stereocenters. The van der Waals surface area contributed by atoms with Crippen LogP contribution in [0.5, 0.6) is 0 Å². The van der Waals surface area contributed by atoms with Crippen LogP contribution >= 0.6 is 0 Å². The Morgan fingerprint density at radius 3 is 1.12 bits per heavy atom. The van der Waals surface area contributed by atoms with Crippen molar-refractivity contribution in [3.8, 4) is 44.5 Å². The molecule has 0 spiro atoms. The van der Waals surface area contributed by atoms with Crippen molar-refractivity contribution < 1.29 is 4.42 Å². The maximum absolute atomic E-state index is 6.26. The number of para-hydroxylation sites is 1. The first-order valence-corrected chi connectivity index (χ1v) is 22.6. The highest BCUT2D eigenvalue weighted by molar-refractivity contribution is 6.13. The first-order valence-electron chi connectivity index (χ1n) is 22.6. The molecule has 0 bridgehead atoms. The monoisotopic (exact) mass is 839 g/mol. The van der Waals surface area contributed by atoms with Gasteiger partial charge in [-0.15, -0.1) is 0 Å². The minimum Gasteiger partial charge on any atom is -0.456 e. The van der Waals surface area contributed by atoms with E-state index >= 15 is 0 Å². The number of hydrogen-bond acceptors (Lipinski definition) is 2. The molecule has 13 aromatic rings. The Labute approximate surface area is 382 Å². The molecule has 0 fully saturated rings. The molecule has 13 rings (SSSR count). The van der Waals surface area contributed by atoms with Crippen molar-refractivity contribution >= 4 is 82.1 Å². The molecular weight excluding hydrogens is 799 g/mol. The van der Waals surface area contributed by atoms with Crippen LogP contribution in [-0.2, 0) is 0 Å². The van der Waals surface area contributed by atoms with Gasteiger partial charge in [-0.3, -0.25) is 0 Å². The van der Waals surface area contributed by atoms with Gasteiger partial charge < -0.3 is 9.32 Å². The molecule has 0 saturated carbocycles. The number of nitrogens with zero attached hydrogens (tertiary/aromatic N) is 1. The quantitative estimate of drug-likeness (QED) is 0.149. The zero-order valence-corrected chi connectivity index (χ0v) is 36.0. The van der Waals surface area contributed by atoms with E-state index in [0.717, 1.165) is 50.1 Å². The molecule has 1 aromatic heterocycles. The van der Waals surface area contributed by atoms with Crippen molar-refractivity contribution in [2.45, 2.75) is 0 Å². The predicted molar refractivity (Wildman–Crippen MR) is 280 cm³/mol. The van der Waals surface area contributed by atoms with Crippen LogP contribution in [-0.4, -0.2) is 0 Å². The van der Waals surface area contributed by atoms with Gasteiger partial charge in [-0.25, -0.2) is 0 Å². The smallest absolute Gasteiger partial charge is 0.136 e. The van der Waals surface area contributed by atoms with Crippen molar-refractivity contribution in [3.05, 3.63) is 249 Å². The van der Waals surface area contributed by atoms with E-state index < -0.39 is 0 Å². The number of anilines is 3. The summed E-state index contributed by atoms with van der Waals surface area (Å²) in [5.41, 5.74) is 14.5. The van der Waals surface area contributed by atoms with Gasteiger partial charge in [0, 0.05) is 27.8 Å². The van der Waals surface area contributed by atoms with Gasteiger partial charge in [0.1, 0.15) is 11.2 Å². The minimum absolute atomic E-state index is 0.899. The van der Waals surface area contributed by atoms with E-state index in [0.29, 0.717) is 0 Å². The van der Waals surface area contributed by atoms with Crippen LogP contribution in [0.3, 0.4) is 0 Å².